The van der Waals surface area contributed by atoms with Gasteiger partial charge in [-0.15, -0.1) is 0 Å². The summed E-state index contributed by atoms with van der Waals surface area (Å²) >= 11 is 0. The highest BCUT2D eigenvalue weighted by atomic mass is 16.3. The maximum atomic E-state index is 14.5. The van der Waals surface area contributed by atoms with Crippen molar-refractivity contribution < 1.29 is 20.1 Å². The molecule has 0 amide bonds. The molecule has 5 rings (SSSR count). The highest BCUT2D eigenvalue weighted by Gasteiger charge is 2.72. The lowest BCUT2D eigenvalue weighted by Crippen LogP contribution is -2.69. The SMILES string of the molecule is CC1(C)CC[C@]2([C@H](O)CO)CC[C@]3(C)[C@H](C(=O)C[C@@H]4[C@@]5(C)CC(C#N)=C(O)C(C)(C)[C@@H]5CC[C@]43C)[C@@H]2C1. The van der Waals surface area contributed by atoms with Crippen molar-refractivity contribution in [1.29, 1.82) is 5.26 Å². The van der Waals surface area contributed by atoms with Gasteiger partial charge in [-0.2, -0.15) is 5.26 Å². The molecule has 0 aromatic heterocycles. The molecule has 0 radical (unpaired) electrons. The van der Waals surface area contributed by atoms with Crippen LogP contribution in [0, 0.1) is 67.5 Å². The number of allylic oxidation sites excluding steroid dienone is 2. The fourth-order valence-electron chi connectivity index (χ4n) is 11.4. The number of Topliss-reactive ketones (excluding diaryl/α,β-unsaturated/α-hetero) is 1. The number of nitriles is 1. The zero-order valence-corrected chi connectivity index (χ0v) is 24.2. The lowest BCUT2D eigenvalue weighted by atomic mass is 9.31. The van der Waals surface area contributed by atoms with Gasteiger partial charge in [0.15, 0.2) is 0 Å². The number of hydrogen-bond donors (Lipinski definition) is 3. The summed E-state index contributed by atoms with van der Waals surface area (Å²) < 4.78 is 0. The van der Waals surface area contributed by atoms with Crippen molar-refractivity contribution >= 4 is 5.78 Å². The van der Waals surface area contributed by atoms with Crippen molar-refractivity contribution in [3.63, 3.8) is 0 Å². The number of nitrogens with zero attached hydrogens (tertiary/aromatic N) is 1. The standard InChI is InChI=1S/C32H49NO4/c1-27(2)10-12-32(24(36)18-34)13-11-31(7)25(20(32)16-27)21(35)14-23-29(5)15-19(17-33)26(37)28(3,4)22(29)8-9-30(23,31)6/h20,22-25,34,36-37H,8-16,18H2,1-7H3/t20-,22-,23+,24+,25-,29-,30+,31+,32-/m0/s1. The molecule has 37 heavy (non-hydrogen) atoms. The Hall–Kier alpha value is -1.38. The maximum absolute atomic E-state index is 14.5. The Kier molecular flexibility index (Phi) is 5.93. The first-order valence-corrected chi connectivity index (χ1v) is 14.7. The fraction of sp³-hybridized carbons (Fsp3) is 0.875. The van der Waals surface area contributed by atoms with Gasteiger partial charge in [0.25, 0.3) is 0 Å². The van der Waals surface area contributed by atoms with E-state index in [0.717, 1.165) is 44.9 Å². The van der Waals surface area contributed by atoms with Crippen LogP contribution in [0.2, 0.25) is 0 Å². The van der Waals surface area contributed by atoms with Gasteiger partial charge in [-0.1, -0.05) is 48.5 Å². The molecule has 0 aliphatic heterocycles. The van der Waals surface area contributed by atoms with Crippen molar-refractivity contribution in [1.82, 2.24) is 0 Å². The number of hydrogen-bond acceptors (Lipinski definition) is 5. The number of fused-ring (bicyclic) bond motifs is 7. The summed E-state index contributed by atoms with van der Waals surface area (Å²) in [6, 6.07) is 2.32. The number of aliphatic hydroxyl groups excluding tert-OH is 3. The van der Waals surface area contributed by atoms with Gasteiger partial charge < -0.3 is 15.3 Å². The Balaban J connectivity index is 1.62. The second-order valence-corrected chi connectivity index (χ2v) is 15.9. The van der Waals surface area contributed by atoms with Gasteiger partial charge in [0.05, 0.1) is 24.4 Å². The molecule has 0 heterocycles. The molecule has 0 aromatic carbocycles. The van der Waals surface area contributed by atoms with Crippen LogP contribution in [0.4, 0.5) is 0 Å². The molecule has 9 atom stereocenters. The van der Waals surface area contributed by atoms with E-state index in [1.165, 1.54) is 0 Å². The molecule has 5 heteroatoms. The zero-order chi connectivity index (χ0) is 27.4. The molecule has 5 aliphatic carbocycles. The minimum Gasteiger partial charge on any atom is -0.511 e. The minimum atomic E-state index is -0.782. The summed E-state index contributed by atoms with van der Waals surface area (Å²) in [6.07, 6.45) is 6.82. The number of ketones is 1. The number of carbonyl (C=O) groups excluding carboxylic acids is 1. The molecule has 0 unspecified atom stereocenters. The van der Waals surface area contributed by atoms with E-state index in [2.05, 4.69) is 54.5 Å². The van der Waals surface area contributed by atoms with E-state index in [4.69, 9.17) is 0 Å². The molecule has 3 N–H and O–H groups in total. The van der Waals surface area contributed by atoms with Crippen LogP contribution in [0.5, 0.6) is 0 Å². The third-order valence-electron chi connectivity index (χ3n) is 13.6. The van der Waals surface area contributed by atoms with Crippen LogP contribution in [0.15, 0.2) is 11.3 Å². The number of aliphatic hydroxyl groups is 3. The first kappa shape index (κ1) is 27.2. The van der Waals surface area contributed by atoms with Crippen LogP contribution in [0.3, 0.4) is 0 Å². The van der Waals surface area contributed by atoms with Crippen LogP contribution in [0.1, 0.15) is 106 Å². The Labute approximate surface area is 223 Å². The van der Waals surface area contributed by atoms with E-state index in [9.17, 15) is 25.4 Å². The van der Waals surface area contributed by atoms with Gasteiger partial charge in [0, 0.05) is 23.2 Å². The monoisotopic (exact) mass is 511 g/mol. The molecular weight excluding hydrogens is 462 g/mol. The average molecular weight is 512 g/mol. The number of carbonyl (C=O) groups is 1. The highest BCUT2D eigenvalue weighted by Crippen LogP contribution is 2.76. The predicted octanol–water partition coefficient (Wildman–Crippen LogP) is 6.35. The van der Waals surface area contributed by atoms with Gasteiger partial charge in [-0.05, 0) is 90.8 Å². The van der Waals surface area contributed by atoms with E-state index in [0.29, 0.717) is 24.2 Å². The molecule has 0 saturated heterocycles. The second-order valence-electron chi connectivity index (χ2n) is 15.9. The van der Waals surface area contributed by atoms with E-state index in [1.54, 1.807) is 0 Å². The molecule has 5 aliphatic rings. The van der Waals surface area contributed by atoms with Crippen LogP contribution < -0.4 is 0 Å². The van der Waals surface area contributed by atoms with Crippen molar-refractivity contribution in [2.45, 2.75) is 112 Å². The normalized spacial score (nSPS) is 49.1. The largest absolute Gasteiger partial charge is 0.511 e. The molecule has 0 spiro atoms. The lowest BCUT2D eigenvalue weighted by Gasteiger charge is -2.72. The van der Waals surface area contributed by atoms with E-state index in [-0.39, 0.29) is 63.1 Å². The molecule has 4 saturated carbocycles. The lowest BCUT2D eigenvalue weighted by molar-refractivity contribution is -0.243. The van der Waals surface area contributed by atoms with Crippen LogP contribution in [-0.4, -0.2) is 33.8 Å². The highest BCUT2D eigenvalue weighted by molar-refractivity contribution is 5.84. The molecular formula is C32H49NO4. The summed E-state index contributed by atoms with van der Waals surface area (Å²) in [5.41, 5.74) is -0.764. The summed E-state index contributed by atoms with van der Waals surface area (Å²) in [6.45, 7) is 15.6. The fourth-order valence-corrected chi connectivity index (χ4v) is 11.4. The number of rotatable bonds is 2. The summed E-state index contributed by atoms with van der Waals surface area (Å²) in [7, 11) is 0. The van der Waals surface area contributed by atoms with Crippen molar-refractivity contribution in [2.75, 3.05) is 6.61 Å². The van der Waals surface area contributed by atoms with Crippen LogP contribution in [0.25, 0.3) is 0 Å². The predicted molar refractivity (Wildman–Crippen MR) is 143 cm³/mol. The first-order valence-electron chi connectivity index (χ1n) is 14.7. The Bertz CT molecular complexity index is 1070. The van der Waals surface area contributed by atoms with E-state index in [1.807, 2.05) is 0 Å². The van der Waals surface area contributed by atoms with Gasteiger partial charge in [-0.3, -0.25) is 4.79 Å². The summed E-state index contributed by atoms with van der Waals surface area (Å²) in [4.78, 5) is 14.5. The first-order chi connectivity index (χ1) is 17.0. The van der Waals surface area contributed by atoms with E-state index >= 15 is 0 Å². The minimum absolute atomic E-state index is 0.0711. The zero-order valence-electron chi connectivity index (χ0n) is 24.2. The smallest absolute Gasteiger partial charge is 0.137 e. The van der Waals surface area contributed by atoms with Crippen molar-refractivity contribution in [3.05, 3.63) is 11.3 Å². The molecule has 206 valence electrons. The van der Waals surface area contributed by atoms with Crippen molar-refractivity contribution in [3.8, 4) is 6.07 Å². The topological polar surface area (TPSA) is 102 Å². The van der Waals surface area contributed by atoms with E-state index < -0.39 is 11.5 Å². The Morgan fingerprint density at radius 3 is 2.24 bits per heavy atom. The molecule has 4 fully saturated rings. The van der Waals surface area contributed by atoms with Gasteiger partial charge in [-0.25, -0.2) is 0 Å². The molecule has 0 aromatic rings. The molecule has 0 bridgehead atoms. The Morgan fingerprint density at radius 2 is 1.62 bits per heavy atom. The summed E-state index contributed by atoms with van der Waals surface area (Å²) in [5.74, 6) is 0.913. The summed E-state index contributed by atoms with van der Waals surface area (Å²) in [5, 5.41) is 42.3. The molecule has 5 nitrogen and oxygen atoms in total. The van der Waals surface area contributed by atoms with Gasteiger partial charge in [0.2, 0.25) is 0 Å². The second kappa shape index (κ2) is 8.07. The maximum Gasteiger partial charge on any atom is 0.137 e. The van der Waals surface area contributed by atoms with Crippen molar-refractivity contribution in [2.24, 2.45) is 56.2 Å². The third-order valence-corrected chi connectivity index (χ3v) is 13.6. The quantitative estimate of drug-likeness (QED) is 0.401. The third kappa shape index (κ3) is 3.30. The average Bonchev–Trinajstić information content (AvgIpc) is 2.82. The van der Waals surface area contributed by atoms with Gasteiger partial charge >= 0.3 is 0 Å². The van der Waals surface area contributed by atoms with Crippen LogP contribution in [-0.2, 0) is 4.79 Å². The van der Waals surface area contributed by atoms with Gasteiger partial charge in [0.1, 0.15) is 11.5 Å². The Morgan fingerprint density at radius 1 is 0.973 bits per heavy atom. The van der Waals surface area contributed by atoms with Crippen LogP contribution >= 0.6 is 0 Å².